The molecule has 94 valence electrons. The molecule has 1 saturated carbocycles. The van der Waals surface area contributed by atoms with Gasteiger partial charge in [0.25, 0.3) is 0 Å². The summed E-state index contributed by atoms with van der Waals surface area (Å²) in [5.74, 6) is -1.13. The summed E-state index contributed by atoms with van der Waals surface area (Å²) >= 11 is 0. The number of nitrogens with two attached hydrogens (primary N) is 1. The number of rotatable bonds is 4. The van der Waals surface area contributed by atoms with Gasteiger partial charge in [0.2, 0.25) is 0 Å². The van der Waals surface area contributed by atoms with Crippen molar-refractivity contribution in [3.05, 3.63) is 0 Å². The van der Waals surface area contributed by atoms with Gasteiger partial charge in [-0.25, -0.2) is 0 Å². The first-order valence-corrected chi connectivity index (χ1v) is 4.93. The van der Waals surface area contributed by atoms with Crippen LogP contribution >= 0.6 is 0 Å². The van der Waals surface area contributed by atoms with Crippen LogP contribution in [0.3, 0.4) is 0 Å². The number of halogens is 3. The second-order valence-electron chi connectivity index (χ2n) is 4.06. The Morgan fingerprint density at radius 1 is 1.56 bits per heavy atom. The van der Waals surface area contributed by atoms with Crippen LogP contribution in [0.2, 0.25) is 0 Å². The number of hydrogen-bond donors (Lipinski definition) is 2. The van der Waals surface area contributed by atoms with Crippen molar-refractivity contribution >= 4 is 5.97 Å². The van der Waals surface area contributed by atoms with Gasteiger partial charge in [0.1, 0.15) is 5.54 Å². The number of carbonyl (C=O) groups is 1. The van der Waals surface area contributed by atoms with E-state index >= 15 is 0 Å². The number of ether oxygens (including phenoxy) is 1. The fourth-order valence-corrected chi connectivity index (χ4v) is 1.71. The molecule has 1 aliphatic carbocycles. The van der Waals surface area contributed by atoms with Gasteiger partial charge in [-0.3, -0.25) is 4.79 Å². The summed E-state index contributed by atoms with van der Waals surface area (Å²) in [6, 6.07) is 0. The molecule has 1 rings (SSSR count). The summed E-state index contributed by atoms with van der Waals surface area (Å²) < 4.78 is 40.4. The van der Waals surface area contributed by atoms with Crippen LogP contribution in [0.4, 0.5) is 13.2 Å². The lowest BCUT2D eigenvalue weighted by Gasteiger charge is -2.18. The average molecular weight is 241 g/mol. The van der Waals surface area contributed by atoms with E-state index in [1.165, 1.54) is 0 Å². The summed E-state index contributed by atoms with van der Waals surface area (Å²) in [5.41, 5.74) is 4.20. The van der Waals surface area contributed by atoms with E-state index in [0.29, 0.717) is 6.42 Å². The molecule has 1 aliphatic rings. The molecule has 7 heteroatoms. The number of aliphatic carboxylic acids is 1. The topological polar surface area (TPSA) is 72.6 Å². The molecule has 0 amide bonds. The van der Waals surface area contributed by atoms with E-state index < -0.39 is 36.8 Å². The molecule has 4 nitrogen and oxygen atoms in total. The molecule has 0 heterocycles. The third-order valence-electron chi connectivity index (χ3n) is 2.67. The van der Waals surface area contributed by atoms with Gasteiger partial charge >= 0.3 is 12.1 Å². The molecular formula is C9H14F3NO3. The van der Waals surface area contributed by atoms with Crippen molar-refractivity contribution in [1.29, 1.82) is 0 Å². The highest BCUT2D eigenvalue weighted by atomic mass is 19.4. The molecule has 0 aliphatic heterocycles. The minimum absolute atomic E-state index is 0.0696. The molecule has 0 aromatic heterocycles. The van der Waals surface area contributed by atoms with Crippen molar-refractivity contribution < 1.29 is 27.8 Å². The van der Waals surface area contributed by atoms with Crippen molar-refractivity contribution in [3.63, 3.8) is 0 Å². The van der Waals surface area contributed by atoms with Crippen molar-refractivity contribution in [2.24, 2.45) is 5.73 Å². The third kappa shape index (κ3) is 3.64. The van der Waals surface area contributed by atoms with Gasteiger partial charge in [-0.15, -0.1) is 0 Å². The standard InChI is InChI=1S/C9H14F3NO3/c10-9(11,12)3-4-16-6-1-2-8(13,5-6)7(14)15/h6H,1-5,13H2,(H,14,15). The van der Waals surface area contributed by atoms with Crippen LogP contribution in [0.15, 0.2) is 0 Å². The Labute approximate surface area is 90.6 Å². The predicted molar refractivity (Wildman–Crippen MR) is 48.8 cm³/mol. The minimum atomic E-state index is -4.24. The van der Waals surface area contributed by atoms with Gasteiger partial charge in [-0.2, -0.15) is 13.2 Å². The quantitative estimate of drug-likeness (QED) is 0.777. The van der Waals surface area contributed by atoms with Gasteiger partial charge in [0.15, 0.2) is 0 Å². The number of alkyl halides is 3. The van der Waals surface area contributed by atoms with Gasteiger partial charge in [0.05, 0.1) is 19.1 Å². The zero-order chi connectivity index (χ0) is 12.4. The van der Waals surface area contributed by atoms with E-state index in [1.807, 2.05) is 0 Å². The van der Waals surface area contributed by atoms with Gasteiger partial charge in [-0.1, -0.05) is 0 Å². The normalized spacial score (nSPS) is 30.6. The first-order chi connectivity index (χ1) is 7.23. The summed E-state index contributed by atoms with van der Waals surface area (Å²) in [4.78, 5) is 10.7. The summed E-state index contributed by atoms with van der Waals surface area (Å²) in [5, 5.41) is 8.78. The third-order valence-corrected chi connectivity index (χ3v) is 2.67. The van der Waals surface area contributed by atoms with Crippen LogP contribution in [-0.4, -0.2) is 35.5 Å². The highest BCUT2D eigenvalue weighted by molar-refractivity contribution is 5.78. The first kappa shape index (κ1) is 13.2. The maximum Gasteiger partial charge on any atom is 0.391 e. The highest BCUT2D eigenvalue weighted by Gasteiger charge is 2.42. The average Bonchev–Trinajstić information content (AvgIpc) is 2.47. The van der Waals surface area contributed by atoms with Crippen LogP contribution in [0, 0.1) is 0 Å². The molecule has 0 aromatic carbocycles. The number of carboxylic acid groups (broad SMARTS) is 1. The van der Waals surface area contributed by atoms with Crippen molar-refractivity contribution in [2.45, 2.75) is 43.5 Å². The van der Waals surface area contributed by atoms with E-state index in [4.69, 9.17) is 15.6 Å². The van der Waals surface area contributed by atoms with Crippen molar-refractivity contribution in [3.8, 4) is 0 Å². The predicted octanol–water partition coefficient (Wildman–Crippen LogP) is 1.29. The molecule has 3 N–H and O–H groups in total. The second-order valence-corrected chi connectivity index (χ2v) is 4.06. The zero-order valence-corrected chi connectivity index (χ0v) is 8.59. The summed E-state index contributed by atoms with van der Waals surface area (Å²) in [6.45, 7) is -0.441. The Morgan fingerprint density at radius 3 is 2.62 bits per heavy atom. The van der Waals surface area contributed by atoms with E-state index in [2.05, 4.69) is 0 Å². The van der Waals surface area contributed by atoms with Crippen LogP contribution in [0.1, 0.15) is 25.7 Å². The molecule has 2 atom stereocenters. The smallest absolute Gasteiger partial charge is 0.391 e. The summed E-state index contributed by atoms with van der Waals surface area (Å²) in [6.07, 6.45) is -5.05. The lowest BCUT2D eigenvalue weighted by Crippen LogP contribution is -2.45. The fourth-order valence-electron chi connectivity index (χ4n) is 1.71. The molecule has 0 aromatic rings. The maximum absolute atomic E-state index is 11.8. The molecule has 0 saturated heterocycles. The Morgan fingerprint density at radius 2 is 2.19 bits per heavy atom. The van der Waals surface area contributed by atoms with Crippen molar-refractivity contribution in [1.82, 2.24) is 0 Å². The zero-order valence-electron chi connectivity index (χ0n) is 8.59. The number of hydrogen-bond acceptors (Lipinski definition) is 3. The molecule has 0 bridgehead atoms. The van der Waals surface area contributed by atoms with Gasteiger partial charge in [0, 0.05) is 6.42 Å². The lowest BCUT2D eigenvalue weighted by molar-refractivity contribution is -0.150. The Kier molecular flexibility index (Phi) is 3.80. The molecule has 0 radical (unpaired) electrons. The van der Waals surface area contributed by atoms with Crippen LogP contribution in [-0.2, 0) is 9.53 Å². The monoisotopic (exact) mass is 241 g/mol. The summed E-state index contributed by atoms with van der Waals surface area (Å²) in [7, 11) is 0. The van der Waals surface area contributed by atoms with Crippen LogP contribution in [0.25, 0.3) is 0 Å². The van der Waals surface area contributed by atoms with E-state index in [1.54, 1.807) is 0 Å². The Balaban J connectivity index is 2.30. The van der Waals surface area contributed by atoms with Crippen LogP contribution in [0.5, 0.6) is 0 Å². The number of carboxylic acids is 1. The largest absolute Gasteiger partial charge is 0.480 e. The SMILES string of the molecule is NC1(C(=O)O)CCC(OCCC(F)(F)F)C1. The maximum atomic E-state index is 11.8. The van der Waals surface area contributed by atoms with Crippen molar-refractivity contribution in [2.75, 3.05) is 6.61 Å². The fraction of sp³-hybridized carbons (Fsp3) is 0.889. The minimum Gasteiger partial charge on any atom is -0.480 e. The first-order valence-electron chi connectivity index (χ1n) is 4.93. The van der Waals surface area contributed by atoms with Crippen LogP contribution < -0.4 is 5.73 Å². The Hall–Kier alpha value is -0.820. The molecule has 16 heavy (non-hydrogen) atoms. The Bertz CT molecular complexity index is 269. The van der Waals surface area contributed by atoms with Gasteiger partial charge in [-0.05, 0) is 12.8 Å². The van der Waals surface area contributed by atoms with Gasteiger partial charge < -0.3 is 15.6 Å². The lowest BCUT2D eigenvalue weighted by atomic mass is 10.00. The van der Waals surface area contributed by atoms with E-state index in [9.17, 15) is 18.0 Å². The molecule has 2 unspecified atom stereocenters. The molecule has 0 spiro atoms. The molecule has 1 fully saturated rings. The second kappa shape index (κ2) is 4.58. The van der Waals surface area contributed by atoms with E-state index in [-0.39, 0.29) is 12.8 Å². The molecular weight excluding hydrogens is 227 g/mol. The highest BCUT2D eigenvalue weighted by Crippen LogP contribution is 2.30. The van der Waals surface area contributed by atoms with E-state index in [0.717, 1.165) is 0 Å².